The summed E-state index contributed by atoms with van der Waals surface area (Å²) in [5.41, 5.74) is -0.811. The molecular weight excluding hydrogens is 336 g/mol. The van der Waals surface area contributed by atoms with Crippen molar-refractivity contribution < 1.29 is 14.4 Å². The first-order valence-electron chi connectivity index (χ1n) is 9.00. The van der Waals surface area contributed by atoms with E-state index in [1.807, 2.05) is 13.8 Å². The van der Waals surface area contributed by atoms with Gasteiger partial charge in [0.1, 0.15) is 11.4 Å². The van der Waals surface area contributed by atoms with E-state index in [4.69, 9.17) is 0 Å². The number of piperidine rings is 1. The fourth-order valence-corrected chi connectivity index (χ4v) is 3.82. The summed E-state index contributed by atoms with van der Waals surface area (Å²) < 4.78 is 0. The summed E-state index contributed by atoms with van der Waals surface area (Å²) in [6, 6.07) is -0.236. The number of H-pyrrole nitrogens is 1. The predicted octanol–water partition coefficient (Wildman–Crippen LogP) is 0.567. The van der Waals surface area contributed by atoms with Crippen LogP contribution in [-0.2, 0) is 16.0 Å². The number of aromatic amines is 1. The average molecular weight is 362 g/mol. The summed E-state index contributed by atoms with van der Waals surface area (Å²) in [6.07, 6.45) is 1.07. The smallest absolute Gasteiger partial charge is 0.327 e. The van der Waals surface area contributed by atoms with Gasteiger partial charge in [0.2, 0.25) is 5.91 Å². The van der Waals surface area contributed by atoms with Crippen LogP contribution in [0.2, 0.25) is 0 Å². The number of hydrogen-bond donors (Lipinski definition) is 1. The Hall–Kier alpha value is -2.45. The molecule has 0 bridgehead atoms. The van der Waals surface area contributed by atoms with Gasteiger partial charge in [-0.25, -0.2) is 9.78 Å². The summed E-state index contributed by atoms with van der Waals surface area (Å²) in [6.45, 7) is 7.28. The number of aryl methyl sites for hydroxylation is 1. The zero-order valence-electron chi connectivity index (χ0n) is 15.8. The topological polar surface area (TPSA) is 102 Å². The zero-order chi connectivity index (χ0) is 19.1. The lowest BCUT2D eigenvalue weighted by Crippen LogP contribution is -2.58. The Labute approximate surface area is 152 Å². The van der Waals surface area contributed by atoms with Gasteiger partial charge in [-0.15, -0.1) is 0 Å². The molecule has 4 amide bonds. The number of hydrogen-bond acceptors (Lipinski definition) is 5. The molecule has 2 aliphatic heterocycles. The maximum atomic E-state index is 12.8. The summed E-state index contributed by atoms with van der Waals surface area (Å²) in [4.78, 5) is 46.6. The Morgan fingerprint density at radius 1 is 1.27 bits per heavy atom. The molecule has 0 radical (unpaired) electrons. The molecule has 0 aliphatic carbocycles. The van der Waals surface area contributed by atoms with Gasteiger partial charge in [-0.1, -0.05) is 13.8 Å². The molecule has 0 atom stereocenters. The number of nitrogens with one attached hydrogen (secondary N) is 1. The van der Waals surface area contributed by atoms with Crippen molar-refractivity contribution in [1.29, 1.82) is 0 Å². The second-order valence-electron chi connectivity index (χ2n) is 7.58. The first kappa shape index (κ1) is 18.3. The molecule has 1 aromatic heterocycles. The van der Waals surface area contributed by atoms with Crippen molar-refractivity contribution in [3.05, 3.63) is 11.6 Å². The van der Waals surface area contributed by atoms with Gasteiger partial charge in [0.05, 0.1) is 6.42 Å². The van der Waals surface area contributed by atoms with E-state index in [0.29, 0.717) is 44.1 Å². The van der Waals surface area contributed by atoms with Gasteiger partial charge in [-0.05, 0) is 25.7 Å². The molecule has 0 aromatic carbocycles. The zero-order valence-corrected chi connectivity index (χ0v) is 15.8. The minimum Gasteiger partial charge on any atom is -0.342 e. The monoisotopic (exact) mass is 362 g/mol. The number of carbonyl (C=O) groups excluding carboxylic acids is 3. The summed E-state index contributed by atoms with van der Waals surface area (Å²) >= 11 is 0. The molecule has 0 unspecified atom stereocenters. The van der Waals surface area contributed by atoms with Crippen LogP contribution >= 0.6 is 0 Å². The quantitative estimate of drug-likeness (QED) is 0.789. The molecule has 9 nitrogen and oxygen atoms in total. The molecule has 2 saturated heterocycles. The van der Waals surface area contributed by atoms with Crippen molar-refractivity contribution in [2.24, 2.45) is 5.92 Å². The highest BCUT2D eigenvalue weighted by Gasteiger charge is 2.57. The van der Waals surface area contributed by atoms with Crippen LogP contribution in [0.15, 0.2) is 0 Å². The number of likely N-dealkylation sites (tertiary alicyclic amines) is 1. The molecule has 3 heterocycles. The second kappa shape index (κ2) is 6.69. The third-order valence-corrected chi connectivity index (χ3v) is 5.18. The number of carbonyl (C=O) groups is 3. The van der Waals surface area contributed by atoms with E-state index in [2.05, 4.69) is 15.2 Å². The Kier molecular flexibility index (Phi) is 4.72. The summed E-state index contributed by atoms with van der Waals surface area (Å²) in [7, 11) is 1.54. The Bertz CT molecular complexity index is 720. The standard InChI is InChI=1S/C17H26N6O3/c1-11(2)10-23-16(26)21(4)15(25)17(23)5-7-22(8-6-17)14(24)9-13-18-12(3)19-20-13/h11H,5-10H2,1-4H3,(H,18,19,20). The van der Waals surface area contributed by atoms with Crippen LogP contribution in [0, 0.1) is 12.8 Å². The third-order valence-electron chi connectivity index (χ3n) is 5.18. The molecule has 2 fully saturated rings. The third kappa shape index (κ3) is 3.06. The van der Waals surface area contributed by atoms with E-state index in [-0.39, 0.29) is 30.2 Å². The Morgan fingerprint density at radius 2 is 1.92 bits per heavy atom. The SMILES string of the molecule is Cc1nc(CC(=O)N2CCC3(CC2)C(=O)N(C)C(=O)N3CC(C)C)n[nH]1. The van der Waals surface area contributed by atoms with E-state index >= 15 is 0 Å². The number of likely N-dealkylation sites (N-methyl/N-ethyl adjacent to an activating group) is 1. The van der Waals surface area contributed by atoms with Crippen LogP contribution < -0.4 is 0 Å². The van der Waals surface area contributed by atoms with Gasteiger partial charge >= 0.3 is 6.03 Å². The minimum atomic E-state index is -0.811. The maximum absolute atomic E-state index is 12.8. The van der Waals surface area contributed by atoms with Crippen molar-refractivity contribution in [2.45, 2.75) is 45.6 Å². The van der Waals surface area contributed by atoms with Crippen LogP contribution in [0.1, 0.15) is 38.3 Å². The van der Waals surface area contributed by atoms with Crippen LogP contribution in [0.25, 0.3) is 0 Å². The van der Waals surface area contributed by atoms with Crippen LogP contribution in [0.4, 0.5) is 4.79 Å². The number of imide groups is 1. The van der Waals surface area contributed by atoms with Gasteiger partial charge in [0.15, 0.2) is 5.82 Å². The minimum absolute atomic E-state index is 0.0561. The number of urea groups is 1. The molecule has 9 heteroatoms. The van der Waals surface area contributed by atoms with Crippen LogP contribution in [-0.4, -0.2) is 79.9 Å². The molecule has 1 N–H and O–H groups in total. The lowest BCUT2D eigenvalue weighted by atomic mass is 9.85. The summed E-state index contributed by atoms with van der Waals surface area (Å²) in [5.74, 6) is 1.21. The van der Waals surface area contributed by atoms with E-state index < -0.39 is 5.54 Å². The van der Waals surface area contributed by atoms with E-state index in [0.717, 1.165) is 0 Å². The molecule has 142 valence electrons. The van der Waals surface area contributed by atoms with E-state index in [1.165, 1.54) is 11.9 Å². The normalized spacial score (nSPS) is 20.0. The van der Waals surface area contributed by atoms with E-state index in [9.17, 15) is 14.4 Å². The van der Waals surface area contributed by atoms with Crippen molar-refractivity contribution in [3.8, 4) is 0 Å². The highest BCUT2D eigenvalue weighted by molar-refractivity contribution is 6.07. The van der Waals surface area contributed by atoms with Gasteiger partial charge in [0.25, 0.3) is 5.91 Å². The fourth-order valence-electron chi connectivity index (χ4n) is 3.82. The van der Waals surface area contributed by atoms with Gasteiger partial charge in [0, 0.05) is 26.7 Å². The maximum Gasteiger partial charge on any atom is 0.327 e. The largest absolute Gasteiger partial charge is 0.342 e. The molecule has 0 saturated carbocycles. The Morgan fingerprint density at radius 3 is 2.46 bits per heavy atom. The van der Waals surface area contributed by atoms with E-state index in [1.54, 1.807) is 16.7 Å². The molecule has 3 rings (SSSR count). The number of amides is 4. The Balaban J connectivity index is 1.70. The predicted molar refractivity (Wildman–Crippen MR) is 93.1 cm³/mol. The van der Waals surface area contributed by atoms with Crippen molar-refractivity contribution in [2.75, 3.05) is 26.7 Å². The molecule has 2 aliphatic rings. The fraction of sp³-hybridized carbons (Fsp3) is 0.706. The molecular formula is C17H26N6O3. The van der Waals surface area contributed by atoms with Gasteiger partial charge in [-0.3, -0.25) is 19.6 Å². The highest BCUT2D eigenvalue weighted by Crippen LogP contribution is 2.37. The van der Waals surface area contributed by atoms with Crippen molar-refractivity contribution in [3.63, 3.8) is 0 Å². The average Bonchev–Trinajstić information content (AvgIpc) is 3.07. The molecule has 1 spiro atoms. The van der Waals surface area contributed by atoms with Gasteiger partial charge < -0.3 is 9.80 Å². The molecule has 1 aromatic rings. The summed E-state index contributed by atoms with van der Waals surface area (Å²) in [5, 5.41) is 6.73. The lowest BCUT2D eigenvalue weighted by Gasteiger charge is -2.42. The van der Waals surface area contributed by atoms with Gasteiger partial charge in [-0.2, -0.15) is 5.10 Å². The number of rotatable bonds is 4. The first-order valence-corrected chi connectivity index (χ1v) is 9.00. The highest BCUT2D eigenvalue weighted by atomic mass is 16.2. The first-order chi connectivity index (χ1) is 12.2. The van der Waals surface area contributed by atoms with Crippen molar-refractivity contribution >= 4 is 17.8 Å². The number of nitrogens with zero attached hydrogens (tertiary/aromatic N) is 5. The number of aromatic nitrogens is 3. The molecule has 26 heavy (non-hydrogen) atoms. The lowest BCUT2D eigenvalue weighted by molar-refractivity contribution is -0.140. The van der Waals surface area contributed by atoms with Crippen LogP contribution in [0.3, 0.4) is 0 Å². The van der Waals surface area contributed by atoms with Crippen molar-refractivity contribution in [1.82, 2.24) is 29.9 Å². The van der Waals surface area contributed by atoms with Crippen LogP contribution in [0.5, 0.6) is 0 Å². The second-order valence-corrected chi connectivity index (χ2v) is 7.58.